The van der Waals surface area contributed by atoms with Crippen molar-refractivity contribution < 1.29 is 13.9 Å². The molecule has 3 rings (SSSR count). The summed E-state index contributed by atoms with van der Waals surface area (Å²) < 4.78 is 20.1. The lowest BCUT2D eigenvalue weighted by Crippen LogP contribution is -2.38. The third-order valence-corrected chi connectivity index (χ3v) is 4.44. The van der Waals surface area contributed by atoms with E-state index in [-0.39, 0.29) is 18.3 Å². The molecule has 6 heteroatoms. The molecule has 2 aromatic carbocycles. The molecule has 21 heavy (non-hydrogen) atoms. The van der Waals surface area contributed by atoms with Crippen LogP contribution in [0.1, 0.15) is 5.56 Å². The molecule has 0 N–H and O–H groups in total. The number of carbonyl (C=O) groups is 1. The Kier molecular flexibility index (Phi) is 3.99. The van der Waals surface area contributed by atoms with Crippen LogP contribution >= 0.6 is 31.9 Å². The molecule has 108 valence electrons. The summed E-state index contributed by atoms with van der Waals surface area (Å²) in [6.07, 6.45) is 0. The number of anilines is 1. The predicted octanol–water partition coefficient (Wildman–Crippen LogP) is 4.28. The quantitative estimate of drug-likeness (QED) is 0.734. The van der Waals surface area contributed by atoms with Crippen LogP contribution in [0.25, 0.3) is 0 Å². The van der Waals surface area contributed by atoms with Crippen molar-refractivity contribution in [1.82, 2.24) is 0 Å². The van der Waals surface area contributed by atoms with Gasteiger partial charge in [0.25, 0.3) is 5.91 Å². The fraction of sp³-hybridized carbons (Fsp3) is 0.133. The van der Waals surface area contributed by atoms with E-state index in [0.29, 0.717) is 22.5 Å². The molecule has 2 aromatic rings. The lowest BCUT2D eigenvalue weighted by molar-refractivity contribution is -0.121. The summed E-state index contributed by atoms with van der Waals surface area (Å²) >= 11 is 6.72. The van der Waals surface area contributed by atoms with Crippen molar-refractivity contribution in [2.75, 3.05) is 11.5 Å². The highest BCUT2D eigenvalue weighted by Crippen LogP contribution is 2.36. The van der Waals surface area contributed by atoms with E-state index in [1.54, 1.807) is 11.0 Å². The minimum Gasteiger partial charge on any atom is -0.482 e. The average Bonchev–Trinajstić information content (AvgIpc) is 2.44. The van der Waals surface area contributed by atoms with Crippen molar-refractivity contribution in [3.63, 3.8) is 0 Å². The lowest BCUT2D eigenvalue weighted by Gasteiger charge is -2.30. The van der Waals surface area contributed by atoms with Crippen LogP contribution in [0.15, 0.2) is 45.3 Å². The molecule has 0 radical (unpaired) electrons. The summed E-state index contributed by atoms with van der Waals surface area (Å²) in [6.45, 7) is 0.361. The predicted molar refractivity (Wildman–Crippen MR) is 84.9 cm³/mol. The summed E-state index contributed by atoms with van der Waals surface area (Å²) in [5, 5.41) is 0. The van der Waals surface area contributed by atoms with Gasteiger partial charge in [0.15, 0.2) is 6.61 Å². The smallest absolute Gasteiger partial charge is 0.265 e. The molecule has 0 aromatic heterocycles. The van der Waals surface area contributed by atoms with Crippen LogP contribution in [-0.2, 0) is 11.3 Å². The second kappa shape index (κ2) is 5.77. The van der Waals surface area contributed by atoms with Gasteiger partial charge in [0.2, 0.25) is 0 Å². The molecule has 1 aliphatic heterocycles. The molecule has 0 aliphatic carbocycles. The first-order chi connectivity index (χ1) is 10.0. The maximum Gasteiger partial charge on any atom is 0.265 e. The molecule has 1 amide bonds. The molecule has 0 atom stereocenters. The molecular formula is C15H10Br2FNO2. The molecule has 3 nitrogen and oxygen atoms in total. The number of nitrogens with zero attached hydrogens (tertiary/aromatic N) is 1. The number of ether oxygens (including phenoxy) is 1. The Morgan fingerprint density at radius 3 is 2.76 bits per heavy atom. The first-order valence-electron chi connectivity index (χ1n) is 6.21. The van der Waals surface area contributed by atoms with Gasteiger partial charge in [0, 0.05) is 8.95 Å². The Morgan fingerprint density at radius 2 is 2.00 bits per heavy atom. The van der Waals surface area contributed by atoms with E-state index in [9.17, 15) is 9.18 Å². The Labute approximate surface area is 138 Å². The number of carbonyl (C=O) groups excluding carboxylic acids is 1. The van der Waals surface area contributed by atoms with Crippen LogP contribution < -0.4 is 9.64 Å². The number of rotatable bonds is 2. The normalized spacial score (nSPS) is 13.9. The highest BCUT2D eigenvalue weighted by molar-refractivity contribution is 9.10. The van der Waals surface area contributed by atoms with E-state index in [1.165, 1.54) is 12.1 Å². The number of hydrogen-bond donors (Lipinski definition) is 0. The summed E-state index contributed by atoms with van der Waals surface area (Å²) in [7, 11) is 0. The monoisotopic (exact) mass is 413 g/mol. The standard InChI is InChI=1S/C15H10Br2FNO2/c16-10-2-4-14-13(5-10)19(15(20)8-21-14)7-9-1-3-11(18)6-12(9)17/h1-6H,7-8H2. The molecule has 1 heterocycles. The molecule has 0 bridgehead atoms. The number of halogens is 3. The van der Waals surface area contributed by atoms with Crippen LogP contribution in [0.2, 0.25) is 0 Å². The number of benzene rings is 2. The third-order valence-electron chi connectivity index (χ3n) is 3.21. The molecule has 0 spiro atoms. The summed E-state index contributed by atoms with van der Waals surface area (Å²) in [6, 6.07) is 9.96. The fourth-order valence-electron chi connectivity index (χ4n) is 2.17. The first-order valence-corrected chi connectivity index (χ1v) is 7.80. The van der Waals surface area contributed by atoms with Crippen molar-refractivity contribution in [3.05, 3.63) is 56.7 Å². The van der Waals surface area contributed by atoms with E-state index < -0.39 is 0 Å². The van der Waals surface area contributed by atoms with E-state index >= 15 is 0 Å². The van der Waals surface area contributed by atoms with Gasteiger partial charge < -0.3 is 9.64 Å². The maximum atomic E-state index is 13.2. The largest absolute Gasteiger partial charge is 0.482 e. The summed E-state index contributed by atoms with van der Waals surface area (Å²) in [5.74, 6) is 0.218. The van der Waals surface area contributed by atoms with Crippen LogP contribution in [-0.4, -0.2) is 12.5 Å². The van der Waals surface area contributed by atoms with Crippen LogP contribution in [0.4, 0.5) is 10.1 Å². The fourth-order valence-corrected chi connectivity index (χ4v) is 2.99. The van der Waals surface area contributed by atoms with Crippen molar-refractivity contribution in [2.24, 2.45) is 0 Å². The van der Waals surface area contributed by atoms with Gasteiger partial charge in [-0.3, -0.25) is 4.79 Å². The van der Waals surface area contributed by atoms with Crippen molar-refractivity contribution in [2.45, 2.75) is 6.54 Å². The van der Waals surface area contributed by atoms with E-state index in [4.69, 9.17) is 4.74 Å². The van der Waals surface area contributed by atoms with Crippen LogP contribution in [0, 0.1) is 5.82 Å². The molecule has 0 fully saturated rings. The van der Waals surface area contributed by atoms with E-state index in [1.807, 2.05) is 18.2 Å². The molecule has 0 unspecified atom stereocenters. The minimum atomic E-state index is -0.318. The summed E-state index contributed by atoms with van der Waals surface area (Å²) in [4.78, 5) is 13.8. The van der Waals surface area contributed by atoms with Gasteiger partial charge in [-0.05, 0) is 35.9 Å². The van der Waals surface area contributed by atoms with Gasteiger partial charge in [-0.1, -0.05) is 37.9 Å². The second-order valence-electron chi connectivity index (χ2n) is 4.62. The third kappa shape index (κ3) is 2.96. The van der Waals surface area contributed by atoms with Gasteiger partial charge >= 0.3 is 0 Å². The van der Waals surface area contributed by atoms with E-state index in [0.717, 1.165) is 10.0 Å². The van der Waals surface area contributed by atoms with Crippen molar-refractivity contribution in [1.29, 1.82) is 0 Å². The number of hydrogen-bond acceptors (Lipinski definition) is 2. The average molecular weight is 415 g/mol. The zero-order chi connectivity index (χ0) is 15.0. The highest BCUT2D eigenvalue weighted by Gasteiger charge is 2.26. The van der Waals surface area contributed by atoms with Gasteiger partial charge in [-0.2, -0.15) is 0 Å². The minimum absolute atomic E-state index is 0.00739. The molecule has 0 saturated carbocycles. The molecule has 0 saturated heterocycles. The molecule has 1 aliphatic rings. The zero-order valence-electron chi connectivity index (χ0n) is 10.8. The zero-order valence-corrected chi connectivity index (χ0v) is 13.9. The lowest BCUT2D eigenvalue weighted by atomic mass is 10.1. The topological polar surface area (TPSA) is 29.5 Å². The van der Waals surface area contributed by atoms with Gasteiger partial charge in [0.1, 0.15) is 11.6 Å². The van der Waals surface area contributed by atoms with Gasteiger partial charge in [-0.25, -0.2) is 4.39 Å². The second-order valence-corrected chi connectivity index (χ2v) is 6.39. The van der Waals surface area contributed by atoms with Crippen LogP contribution in [0.3, 0.4) is 0 Å². The highest BCUT2D eigenvalue weighted by atomic mass is 79.9. The van der Waals surface area contributed by atoms with Crippen molar-refractivity contribution >= 4 is 43.5 Å². The Balaban J connectivity index is 1.98. The first kappa shape index (κ1) is 14.5. The van der Waals surface area contributed by atoms with Crippen molar-refractivity contribution in [3.8, 4) is 5.75 Å². The SMILES string of the molecule is O=C1COc2ccc(Br)cc2N1Cc1ccc(F)cc1Br. The van der Waals surface area contributed by atoms with Gasteiger partial charge in [0.05, 0.1) is 12.2 Å². The Bertz CT molecular complexity index is 721. The van der Waals surface area contributed by atoms with Gasteiger partial charge in [-0.15, -0.1) is 0 Å². The number of fused-ring (bicyclic) bond motifs is 1. The Hall–Kier alpha value is -1.40. The van der Waals surface area contributed by atoms with E-state index in [2.05, 4.69) is 31.9 Å². The Morgan fingerprint density at radius 1 is 1.19 bits per heavy atom. The maximum absolute atomic E-state index is 13.2. The number of amides is 1. The summed E-state index contributed by atoms with van der Waals surface area (Å²) in [5.41, 5.74) is 1.54. The molecular weight excluding hydrogens is 405 g/mol. The van der Waals surface area contributed by atoms with Crippen LogP contribution in [0.5, 0.6) is 5.75 Å².